The van der Waals surface area contributed by atoms with Crippen LogP contribution in [0, 0.1) is 5.92 Å². The zero-order valence-corrected chi connectivity index (χ0v) is 14.4. The van der Waals surface area contributed by atoms with Gasteiger partial charge < -0.3 is 20.6 Å². The van der Waals surface area contributed by atoms with Crippen molar-refractivity contribution in [2.24, 2.45) is 10.9 Å². The number of imide groups is 1. The van der Waals surface area contributed by atoms with Crippen molar-refractivity contribution < 1.29 is 14.7 Å². The third-order valence-corrected chi connectivity index (χ3v) is 5.75. The molecule has 0 aromatic heterocycles. The molecule has 3 amide bonds. The van der Waals surface area contributed by atoms with Crippen molar-refractivity contribution in [2.75, 3.05) is 26.7 Å². The van der Waals surface area contributed by atoms with Crippen LogP contribution < -0.4 is 16.0 Å². The zero-order chi connectivity index (χ0) is 17.4. The molecule has 1 saturated carbocycles. The first-order valence-corrected chi connectivity index (χ1v) is 8.68. The van der Waals surface area contributed by atoms with Crippen molar-refractivity contribution in [2.45, 2.75) is 50.2 Å². The molecule has 2 saturated heterocycles. The number of guanidine groups is 1. The number of hydrogen-bond acceptors (Lipinski definition) is 4. The van der Waals surface area contributed by atoms with Gasteiger partial charge in [0.25, 0.3) is 5.91 Å². The van der Waals surface area contributed by atoms with Crippen molar-refractivity contribution in [3.05, 3.63) is 0 Å². The standard InChI is InChI=1S/C16H27N5O3/c1-15(12(22)19-14(23)20-15)11-4-8-21(9-5-11)13(17-2)18-10-16(24)6-3-7-16/h11,24H,3-10H2,1-2H3,(H,17,18)(H2,19,20,22,23). The fraction of sp³-hybridized carbons (Fsp3) is 0.812. The SMILES string of the molecule is CN=C(NCC1(O)CCC1)N1CCC(C2(C)NC(=O)NC2=O)CC1. The lowest BCUT2D eigenvalue weighted by molar-refractivity contribution is -0.125. The molecule has 0 spiro atoms. The fourth-order valence-electron chi connectivity index (χ4n) is 3.85. The van der Waals surface area contributed by atoms with Crippen LogP contribution in [0.3, 0.4) is 0 Å². The van der Waals surface area contributed by atoms with Gasteiger partial charge in [-0.2, -0.15) is 0 Å². The first kappa shape index (κ1) is 17.0. The number of hydrogen-bond donors (Lipinski definition) is 4. The predicted octanol–water partition coefficient (Wildman–Crippen LogP) is -0.213. The summed E-state index contributed by atoms with van der Waals surface area (Å²) in [6, 6.07) is -0.406. The maximum Gasteiger partial charge on any atom is 0.322 e. The van der Waals surface area contributed by atoms with Gasteiger partial charge in [-0.25, -0.2) is 4.79 Å². The Labute approximate surface area is 142 Å². The molecule has 0 bridgehead atoms. The summed E-state index contributed by atoms with van der Waals surface area (Å²) in [6.45, 7) is 3.85. The van der Waals surface area contributed by atoms with Crippen LogP contribution in [0.1, 0.15) is 39.0 Å². The van der Waals surface area contributed by atoms with E-state index in [1.165, 1.54) is 0 Å². The Bertz CT molecular complexity index is 552. The van der Waals surface area contributed by atoms with Gasteiger partial charge >= 0.3 is 6.03 Å². The number of urea groups is 1. The molecule has 2 aliphatic heterocycles. The van der Waals surface area contributed by atoms with E-state index in [2.05, 4.69) is 25.8 Å². The molecule has 3 aliphatic rings. The number of carbonyl (C=O) groups excluding carboxylic acids is 2. The maximum atomic E-state index is 12.1. The minimum atomic E-state index is -0.818. The summed E-state index contributed by atoms with van der Waals surface area (Å²) in [6.07, 6.45) is 4.36. The number of nitrogens with one attached hydrogen (secondary N) is 3. The van der Waals surface area contributed by atoms with Crippen LogP contribution >= 0.6 is 0 Å². The Morgan fingerprint density at radius 1 is 1.38 bits per heavy atom. The summed E-state index contributed by atoms with van der Waals surface area (Å²) in [5.74, 6) is 0.661. The van der Waals surface area contributed by atoms with Gasteiger partial charge in [0.2, 0.25) is 0 Å². The van der Waals surface area contributed by atoms with Crippen LogP contribution in [0.2, 0.25) is 0 Å². The monoisotopic (exact) mass is 337 g/mol. The highest BCUT2D eigenvalue weighted by Gasteiger charge is 2.48. The van der Waals surface area contributed by atoms with Crippen LogP contribution in [0.4, 0.5) is 4.79 Å². The van der Waals surface area contributed by atoms with E-state index in [1.54, 1.807) is 14.0 Å². The number of likely N-dealkylation sites (tertiary alicyclic amines) is 1. The van der Waals surface area contributed by atoms with E-state index in [4.69, 9.17) is 0 Å². The highest BCUT2D eigenvalue weighted by Crippen LogP contribution is 2.32. The van der Waals surface area contributed by atoms with E-state index < -0.39 is 17.2 Å². The molecule has 3 rings (SSSR count). The molecule has 134 valence electrons. The smallest absolute Gasteiger partial charge is 0.322 e. The molecule has 8 nitrogen and oxygen atoms in total. The van der Waals surface area contributed by atoms with Crippen LogP contribution in [0.15, 0.2) is 4.99 Å². The quantitative estimate of drug-likeness (QED) is 0.324. The number of nitrogens with zero attached hydrogens (tertiary/aromatic N) is 2. The van der Waals surface area contributed by atoms with E-state index in [-0.39, 0.29) is 11.8 Å². The lowest BCUT2D eigenvalue weighted by Crippen LogP contribution is -2.56. The average molecular weight is 337 g/mol. The summed E-state index contributed by atoms with van der Waals surface area (Å²) >= 11 is 0. The largest absolute Gasteiger partial charge is 0.388 e. The van der Waals surface area contributed by atoms with Gasteiger partial charge in [-0.05, 0) is 44.9 Å². The number of carbonyl (C=O) groups is 2. The van der Waals surface area contributed by atoms with Crippen LogP contribution in [-0.4, -0.2) is 65.7 Å². The van der Waals surface area contributed by atoms with Gasteiger partial charge in [0.05, 0.1) is 5.60 Å². The van der Waals surface area contributed by atoms with E-state index in [1.807, 2.05) is 0 Å². The molecule has 0 aromatic rings. The zero-order valence-electron chi connectivity index (χ0n) is 14.4. The van der Waals surface area contributed by atoms with Crippen molar-refractivity contribution in [1.82, 2.24) is 20.9 Å². The van der Waals surface area contributed by atoms with Crippen molar-refractivity contribution in [3.63, 3.8) is 0 Å². The second-order valence-corrected chi connectivity index (χ2v) is 7.35. The molecule has 1 atom stereocenters. The van der Waals surface area contributed by atoms with Crippen molar-refractivity contribution in [1.29, 1.82) is 0 Å². The number of aliphatic imine (C=N–C) groups is 1. The number of aliphatic hydroxyl groups is 1. The Balaban J connectivity index is 1.54. The summed E-state index contributed by atoms with van der Waals surface area (Å²) in [7, 11) is 1.74. The van der Waals surface area contributed by atoms with Gasteiger partial charge in [-0.1, -0.05) is 0 Å². The average Bonchev–Trinajstić information content (AvgIpc) is 2.80. The first-order chi connectivity index (χ1) is 11.4. The molecule has 4 N–H and O–H groups in total. The van der Waals surface area contributed by atoms with Gasteiger partial charge in [-0.3, -0.25) is 15.1 Å². The van der Waals surface area contributed by atoms with E-state index >= 15 is 0 Å². The Morgan fingerprint density at radius 3 is 2.50 bits per heavy atom. The predicted molar refractivity (Wildman–Crippen MR) is 89.5 cm³/mol. The third-order valence-electron chi connectivity index (χ3n) is 5.75. The lowest BCUT2D eigenvalue weighted by atomic mass is 9.79. The molecular formula is C16H27N5O3. The van der Waals surface area contributed by atoms with Gasteiger partial charge in [0, 0.05) is 26.7 Å². The first-order valence-electron chi connectivity index (χ1n) is 8.68. The van der Waals surface area contributed by atoms with Crippen molar-refractivity contribution >= 4 is 17.9 Å². The minimum Gasteiger partial charge on any atom is -0.388 e. The molecule has 1 aliphatic carbocycles. The second kappa shape index (κ2) is 6.23. The normalized spacial score (nSPS) is 30.6. The van der Waals surface area contributed by atoms with Gasteiger partial charge in [-0.15, -0.1) is 0 Å². The molecular weight excluding hydrogens is 310 g/mol. The molecule has 24 heavy (non-hydrogen) atoms. The number of rotatable bonds is 3. The second-order valence-electron chi connectivity index (χ2n) is 7.35. The summed E-state index contributed by atoms with van der Waals surface area (Å²) < 4.78 is 0. The Kier molecular flexibility index (Phi) is 4.42. The molecule has 0 radical (unpaired) electrons. The molecule has 3 fully saturated rings. The van der Waals surface area contributed by atoms with Gasteiger partial charge in [0.15, 0.2) is 5.96 Å². The van der Waals surface area contributed by atoms with Crippen LogP contribution in [0.25, 0.3) is 0 Å². The summed E-state index contributed by atoms with van der Waals surface area (Å²) in [5, 5.41) is 18.6. The highest BCUT2D eigenvalue weighted by molar-refractivity contribution is 6.07. The summed E-state index contributed by atoms with van der Waals surface area (Å²) in [5.41, 5.74) is -1.41. The number of amides is 3. The number of piperidine rings is 1. The molecule has 0 aromatic carbocycles. The molecule has 2 heterocycles. The minimum absolute atomic E-state index is 0.106. The van der Waals surface area contributed by atoms with Crippen LogP contribution in [0.5, 0.6) is 0 Å². The maximum absolute atomic E-state index is 12.1. The Morgan fingerprint density at radius 2 is 2.04 bits per heavy atom. The van der Waals surface area contributed by atoms with E-state index in [0.29, 0.717) is 6.54 Å². The third kappa shape index (κ3) is 3.07. The van der Waals surface area contributed by atoms with Crippen LogP contribution in [-0.2, 0) is 4.79 Å². The molecule has 1 unspecified atom stereocenters. The topological polar surface area (TPSA) is 106 Å². The highest BCUT2D eigenvalue weighted by atomic mass is 16.3. The van der Waals surface area contributed by atoms with E-state index in [0.717, 1.165) is 51.2 Å². The fourth-order valence-corrected chi connectivity index (χ4v) is 3.85. The van der Waals surface area contributed by atoms with E-state index in [9.17, 15) is 14.7 Å². The van der Waals surface area contributed by atoms with Crippen molar-refractivity contribution in [3.8, 4) is 0 Å². The molecule has 8 heteroatoms. The summed E-state index contributed by atoms with van der Waals surface area (Å²) in [4.78, 5) is 30.0. The van der Waals surface area contributed by atoms with Gasteiger partial charge in [0.1, 0.15) is 5.54 Å². The lowest BCUT2D eigenvalue weighted by Gasteiger charge is -2.41. The Hall–Kier alpha value is -1.83.